The zero-order valence-corrected chi connectivity index (χ0v) is 13.1. The maximum atomic E-state index is 6.06. The Kier molecular flexibility index (Phi) is 4.15. The Labute approximate surface area is 133 Å². The first-order valence-corrected chi connectivity index (χ1v) is 7.50. The Balaban J connectivity index is 1.73. The highest BCUT2D eigenvalue weighted by atomic mass is 35.5. The molecule has 5 heteroatoms. The van der Waals surface area contributed by atoms with Gasteiger partial charge in [-0.2, -0.15) is 5.10 Å². The van der Waals surface area contributed by atoms with Crippen LogP contribution in [0, 0.1) is 0 Å². The summed E-state index contributed by atoms with van der Waals surface area (Å²) in [7, 11) is 0. The van der Waals surface area contributed by atoms with Gasteiger partial charge in [-0.25, -0.2) is 4.52 Å². The van der Waals surface area contributed by atoms with Crippen LogP contribution in [0.1, 0.15) is 24.1 Å². The zero-order chi connectivity index (χ0) is 14.8. The third-order valence-electron chi connectivity index (χ3n) is 3.55. The predicted octanol–water partition coefficient (Wildman–Crippen LogP) is 4.49. The predicted molar refractivity (Wildman–Crippen MR) is 86.9 cm³/mol. The van der Waals surface area contributed by atoms with Crippen molar-refractivity contribution in [2.45, 2.75) is 19.5 Å². The number of nitrogens with one attached hydrogen (secondary N) is 1. The molecule has 0 bridgehead atoms. The van der Waals surface area contributed by atoms with Gasteiger partial charge < -0.3 is 5.32 Å². The molecule has 0 fully saturated rings. The van der Waals surface area contributed by atoms with Crippen LogP contribution >= 0.6 is 23.2 Å². The number of nitrogens with zero attached hydrogens (tertiary/aromatic N) is 2. The van der Waals surface area contributed by atoms with Crippen LogP contribution in [-0.4, -0.2) is 9.61 Å². The SMILES string of the molecule is CC(NCc1cnn2ccccc12)c1ccc(Cl)c(Cl)c1. The van der Waals surface area contributed by atoms with E-state index >= 15 is 0 Å². The van der Waals surface area contributed by atoms with Crippen molar-refractivity contribution >= 4 is 28.7 Å². The molecule has 1 aromatic carbocycles. The highest BCUT2D eigenvalue weighted by Gasteiger charge is 2.09. The summed E-state index contributed by atoms with van der Waals surface area (Å²) in [6, 6.07) is 11.9. The molecule has 0 aliphatic heterocycles. The molecule has 0 spiro atoms. The number of hydrogen-bond donors (Lipinski definition) is 1. The molecule has 1 atom stereocenters. The van der Waals surface area contributed by atoms with Gasteiger partial charge in [-0.15, -0.1) is 0 Å². The fourth-order valence-electron chi connectivity index (χ4n) is 2.29. The number of rotatable bonds is 4. The van der Waals surface area contributed by atoms with Gasteiger partial charge in [0.2, 0.25) is 0 Å². The minimum atomic E-state index is 0.179. The third-order valence-corrected chi connectivity index (χ3v) is 4.29. The fraction of sp³-hybridized carbons (Fsp3) is 0.188. The lowest BCUT2D eigenvalue weighted by atomic mass is 10.1. The first-order chi connectivity index (χ1) is 10.1. The summed E-state index contributed by atoms with van der Waals surface area (Å²) in [5.74, 6) is 0. The number of halogens is 2. The minimum absolute atomic E-state index is 0.179. The Hall–Kier alpha value is -1.55. The third kappa shape index (κ3) is 3.05. The van der Waals surface area contributed by atoms with Crippen molar-refractivity contribution in [3.8, 4) is 0 Å². The first kappa shape index (κ1) is 14.4. The second-order valence-electron chi connectivity index (χ2n) is 4.98. The lowest BCUT2D eigenvalue weighted by molar-refractivity contribution is 0.576. The molecule has 1 unspecified atom stereocenters. The minimum Gasteiger partial charge on any atom is -0.306 e. The smallest absolute Gasteiger partial charge is 0.0706 e. The zero-order valence-electron chi connectivity index (χ0n) is 11.6. The fourth-order valence-corrected chi connectivity index (χ4v) is 2.59. The van der Waals surface area contributed by atoms with Gasteiger partial charge in [0.25, 0.3) is 0 Å². The van der Waals surface area contributed by atoms with E-state index in [-0.39, 0.29) is 6.04 Å². The average molecular weight is 320 g/mol. The summed E-state index contributed by atoms with van der Waals surface area (Å²) >= 11 is 12.0. The molecule has 0 saturated heterocycles. The number of hydrogen-bond acceptors (Lipinski definition) is 2. The lowest BCUT2D eigenvalue weighted by Crippen LogP contribution is -2.18. The summed E-state index contributed by atoms with van der Waals surface area (Å²) in [4.78, 5) is 0. The number of fused-ring (bicyclic) bond motifs is 1. The number of benzene rings is 1. The van der Waals surface area contributed by atoms with Gasteiger partial charge in [-0.3, -0.25) is 0 Å². The summed E-state index contributed by atoms with van der Waals surface area (Å²) in [6.45, 7) is 2.85. The van der Waals surface area contributed by atoms with Gasteiger partial charge in [0.15, 0.2) is 0 Å². The topological polar surface area (TPSA) is 29.3 Å². The molecule has 3 aromatic rings. The molecule has 3 nitrogen and oxygen atoms in total. The maximum absolute atomic E-state index is 6.06. The molecule has 0 aliphatic carbocycles. The normalized spacial score (nSPS) is 12.7. The molecular weight excluding hydrogens is 305 g/mol. The van der Waals surface area contributed by atoms with E-state index in [1.54, 1.807) is 0 Å². The van der Waals surface area contributed by atoms with Crippen LogP contribution in [0.25, 0.3) is 5.52 Å². The first-order valence-electron chi connectivity index (χ1n) is 6.75. The van der Waals surface area contributed by atoms with E-state index < -0.39 is 0 Å². The van der Waals surface area contributed by atoms with Gasteiger partial charge >= 0.3 is 0 Å². The summed E-state index contributed by atoms with van der Waals surface area (Å²) in [5.41, 5.74) is 3.40. The molecule has 3 rings (SSSR count). The van der Waals surface area contributed by atoms with Crippen molar-refractivity contribution in [3.63, 3.8) is 0 Å². The molecule has 0 aliphatic rings. The summed E-state index contributed by atoms with van der Waals surface area (Å²) < 4.78 is 1.88. The number of pyridine rings is 1. The number of aromatic nitrogens is 2. The van der Waals surface area contributed by atoms with E-state index in [2.05, 4.69) is 23.4 Å². The van der Waals surface area contributed by atoms with E-state index in [0.717, 1.165) is 17.6 Å². The van der Waals surface area contributed by atoms with Crippen LogP contribution in [-0.2, 0) is 6.54 Å². The van der Waals surface area contributed by atoms with Crippen LogP contribution in [0.3, 0.4) is 0 Å². The molecule has 2 aromatic heterocycles. The largest absolute Gasteiger partial charge is 0.306 e. The van der Waals surface area contributed by atoms with Crippen LogP contribution < -0.4 is 5.32 Å². The molecule has 21 heavy (non-hydrogen) atoms. The molecule has 1 N–H and O–H groups in total. The second kappa shape index (κ2) is 6.06. The Morgan fingerprint density at radius 1 is 1.19 bits per heavy atom. The molecule has 0 radical (unpaired) electrons. The van der Waals surface area contributed by atoms with E-state index in [0.29, 0.717) is 10.0 Å². The van der Waals surface area contributed by atoms with Crippen LogP contribution in [0.4, 0.5) is 0 Å². The summed E-state index contributed by atoms with van der Waals surface area (Å²) in [5, 5.41) is 8.98. The average Bonchev–Trinajstić information content (AvgIpc) is 2.91. The Bertz CT molecular complexity index is 767. The van der Waals surface area contributed by atoms with Crippen molar-refractivity contribution in [2.24, 2.45) is 0 Å². The van der Waals surface area contributed by atoms with E-state index in [4.69, 9.17) is 23.2 Å². The van der Waals surface area contributed by atoms with Crippen molar-refractivity contribution in [2.75, 3.05) is 0 Å². The van der Waals surface area contributed by atoms with Crippen LogP contribution in [0.15, 0.2) is 48.8 Å². The van der Waals surface area contributed by atoms with Gasteiger partial charge in [0.05, 0.1) is 21.8 Å². The van der Waals surface area contributed by atoms with Gasteiger partial charge in [0, 0.05) is 24.3 Å². The van der Waals surface area contributed by atoms with E-state index in [9.17, 15) is 0 Å². The summed E-state index contributed by atoms with van der Waals surface area (Å²) in [6.07, 6.45) is 3.84. The monoisotopic (exact) mass is 319 g/mol. The van der Waals surface area contributed by atoms with Crippen molar-refractivity contribution < 1.29 is 0 Å². The lowest BCUT2D eigenvalue weighted by Gasteiger charge is -2.14. The quantitative estimate of drug-likeness (QED) is 0.767. The maximum Gasteiger partial charge on any atom is 0.0706 e. The van der Waals surface area contributed by atoms with Gasteiger partial charge in [-0.05, 0) is 36.8 Å². The molecule has 0 saturated carbocycles. The van der Waals surface area contributed by atoms with Crippen molar-refractivity contribution in [3.05, 3.63) is 70.0 Å². The van der Waals surface area contributed by atoms with Crippen LogP contribution in [0.2, 0.25) is 10.0 Å². The van der Waals surface area contributed by atoms with Crippen molar-refractivity contribution in [1.82, 2.24) is 14.9 Å². The van der Waals surface area contributed by atoms with E-state index in [1.807, 2.05) is 47.2 Å². The van der Waals surface area contributed by atoms with Gasteiger partial charge in [-0.1, -0.05) is 35.3 Å². The molecule has 0 amide bonds. The van der Waals surface area contributed by atoms with E-state index in [1.165, 1.54) is 5.56 Å². The van der Waals surface area contributed by atoms with Crippen LogP contribution in [0.5, 0.6) is 0 Å². The standard InChI is InChI=1S/C16H15Cl2N3/c1-11(12-5-6-14(17)15(18)8-12)19-9-13-10-20-21-7-3-2-4-16(13)21/h2-8,10-11,19H,9H2,1H3. The highest BCUT2D eigenvalue weighted by molar-refractivity contribution is 6.42. The van der Waals surface area contributed by atoms with Gasteiger partial charge in [0.1, 0.15) is 0 Å². The molecule has 2 heterocycles. The molecular formula is C16H15Cl2N3. The second-order valence-corrected chi connectivity index (χ2v) is 5.79. The highest BCUT2D eigenvalue weighted by Crippen LogP contribution is 2.25. The Morgan fingerprint density at radius 3 is 2.86 bits per heavy atom. The van der Waals surface area contributed by atoms with Crippen molar-refractivity contribution in [1.29, 1.82) is 0 Å². The Morgan fingerprint density at radius 2 is 2.05 bits per heavy atom. The molecule has 108 valence electrons.